The van der Waals surface area contributed by atoms with Gasteiger partial charge in [0, 0.05) is 11.9 Å². The number of anilines is 1. The van der Waals surface area contributed by atoms with Crippen LogP contribution in [0.4, 0.5) is 5.69 Å². The summed E-state index contributed by atoms with van der Waals surface area (Å²) in [6.07, 6.45) is 5.18. The van der Waals surface area contributed by atoms with E-state index < -0.39 is 0 Å². The fourth-order valence-electron chi connectivity index (χ4n) is 2.50. The molecule has 3 N–H and O–H groups in total. The summed E-state index contributed by atoms with van der Waals surface area (Å²) >= 11 is 5.79. The molecule has 0 radical (unpaired) electrons. The van der Waals surface area contributed by atoms with Gasteiger partial charge in [-0.15, -0.1) is 0 Å². The Kier molecular flexibility index (Phi) is 4.06. The van der Waals surface area contributed by atoms with Gasteiger partial charge in [-0.3, -0.25) is 4.98 Å². The van der Waals surface area contributed by atoms with Crippen molar-refractivity contribution in [1.82, 2.24) is 4.98 Å². The first-order valence-corrected chi connectivity index (χ1v) is 7.38. The van der Waals surface area contributed by atoms with E-state index in [0.29, 0.717) is 17.5 Å². The van der Waals surface area contributed by atoms with Gasteiger partial charge in [0.15, 0.2) is 5.96 Å². The Morgan fingerprint density at radius 1 is 1.24 bits per heavy atom. The molecule has 0 unspecified atom stereocenters. The van der Waals surface area contributed by atoms with Crippen LogP contribution in [0.25, 0.3) is 0 Å². The number of rotatable bonds is 3. The first-order valence-electron chi connectivity index (χ1n) is 7.00. The summed E-state index contributed by atoms with van der Waals surface area (Å²) in [5.41, 5.74) is 10.6. The molecule has 0 aliphatic heterocycles. The highest BCUT2D eigenvalue weighted by atomic mass is 35.5. The molecule has 0 atom stereocenters. The molecule has 4 nitrogen and oxygen atoms in total. The second-order valence-corrected chi connectivity index (χ2v) is 5.57. The van der Waals surface area contributed by atoms with E-state index in [2.05, 4.69) is 27.4 Å². The predicted molar refractivity (Wildman–Crippen MR) is 86.7 cm³/mol. The first kappa shape index (κ1) is 13.9. The first-order chi connectivity index (χ1) is 10.2. The van der Waals surface area contributed by atoms with Crippen molar-refractivity contribution < 1.29 is 0 Å². The molecule has 0 bridgehead atoms. The number of guanidine groups is 1. The third-order valence-electron chi connectivity index (χ3n) is 3.57. The Balaban J connectivity index is 1.64. The lowest BCUT2D eigenvalue weighted by Crippen LogP contribution is -2.22. The number of aliphatic imine (C=N–C) groups is 1. The van der Waals surface area contributed by atoms with Crippen LogP contribution in [-0.2, 0) is 19.4 Å². The van der Waals surface area contributed by atoms with Crippen LogP contribution in [0.15, 0.2) is 41.5 Å². The molecule has 1 aliphatic rings. The van der Waals surface area contributed by atoms with E-state index in [0.717, 1.165) is 17.8 Å². The summed E-state index contributed by atoms with van der Waals surface area (Å²) in [5.74, 6) is 0.393. The van der Waals surface area contributed by atoms with Crippen LogP contribution in [0.5, 0.6) is 0 Å². The molecule has 0 spiro atoms. The molecule has 1 aliphatic carbocycles. The summed E-state index contributed by atoms with van der Waals surface area (Å²) < 4.78 is 0. The maximum absolute atomic E-state index is 5.91. The standard InChI is InChI=1S/C16H17ClN4/c17-13-5-7-15(19-9-13)10-20-16(18)21-14-6-4-11-2-1-3-12(11)8-14/h4-9H,1-3,10H2,(H3,18,20,21). The SMILES string of the molecule is NC(=NCc1ccc(Cl)cn1)Nc1ccc2c(c1)CCC2. The van der Waals surface area contributed by atoms with Crippen molar-refractivity contribution in [2.75, 3.05) is 5.32 Å². The highest BCUT2D eigenvalue weighted by Crippen LogP contribution is 2.24. The van der Waals surface area contributed by atoms with E-state index in [-0.39, 0.29) is 0 Å². The average molecular weight is 301 g/mol. The summed E-state index contributed by atoms with van der Waals surface area (Å²) in [6, 6.07) is 10.0. The number of benzene rings is 1. The predicted octanol–water partition coefficient (Wildman–Crippen LogP) is 3.15. The number of nitrogens with two attached hydrogens (primary N) is 1. The van der Waals surface area contributed by atoms with Gasteiger partial charge < -0.3 is 11.1 Å². The highest BCUT2D eigenvalue weighted by molar-refractivity contribution is 6.30. The average Bonchev–Trinajstić information content (AvgIpc) is 2.94. The number of nitrogens with one attached hydrogen (secondary N) is 1. The Morgan fingerprint density at radius 2 is 2.10 bits per heavy atom. The molecular weight excluding hydrogens is 284 g/mol. The van der Waals surface area contributed by atoms with Crippen LogP contribution in [-0.4, -0.2) is 10.9 Å². The number of halogens is 1. The Morgan fingerprint density at radius 3 is 2.90 bits per heavy atom. The summed E-state index contributed by atoms with van der Waals surface area (Å²) in [5, 5.41) is 3.74. The normalized spacial score (nSPS) is 14.0. The van der Waals surface area contributed by atoms with E-state index in [1.807, 2.05) is 12.1 Å². The third-order valence-corrected chi connectivity index (χ3v) is 3.79. The van der Waals surface area contributed by atoms with E-state index in [1.165, 1.54) is 24.0 Å². The number of nitrogens with zero attached hydrogens (tertiary/aromatic N) is 2. The number of fused-ring (bicyclic) bond motifs is 1. The minimum Gasteiger partial charge on any atom is -0.370 e. The van der Waals surface area contributed by atoms with Crippen molar-refractivity contribution >= 4 is 23.2 Å². The molecule has 3 rings (SSSR count). The topological polar surface area (TPSA) is 63.3 Å². The van der Waals surface area contributed by atoms with E-state index in [9.17, 15) is 0 Å². The zero-order valence-electron chi connectivity index (χ0n) is 11.6. The molecule has 0 amide bonds. The fraction of sp³-hybridized carbons (Fsp3) is 0.250. The molecule has 2 aromatic rings. The quantitative estimate of drug-likeness (QED) is 0.676. The Hall–Kier alpha value is -2.07. The number of hydrogen-bond acceptors (Lipinski definition) is 2. The molecular formula is C16H17ClN4. The van der Waals surface area contributed by atoms with Gasteiger partial charge in [0.05, 0.1) is 17.3 Å². The molecule has 0 saturated heterocycles. The lowest BCUT2D eigenvalue weighted by atomic mass is 10.1. The Bertz CT molecular complexity index is 664. The van der Waals surface area contributed by atoms with Crippen LogP contribution in [0, 0.1) is 0 Å². The maximum atomic E-state index is 5.91. The van der Waals surface area contributed by atoms with Gasteiger partial charge in [-0.1, -0.05) is 17.7 Å². The van der Waals surface area contributed by atoms with Gasteiger partial charge in [0.25, 0.3) is 0 Å². The van der Waals surface area contributed by atoms with E-state index in [4.69, 9.17) is 17.3 Å². The van der Waals surface area contributed by atoms with E-state index >= 15 is 0 Å². The fourth-order valence-corrected chi connectivity index (χ4v) is 2.61. The molecule has 1 heterocycles. The second kappa shape index (κ2) is 6.14. The van der Waals surface area contributed by atoms with Gasteiger partial charge in [0.1, 0.15) is 0 Å². The van der Waals surface area contributed by atoms with Crippen molar-refractivity contribution in [3.63, 3.8) is 0 Å². The smallest absolute Gasteiger partial charge is 0.193 e. The summed E-state index contributed by atoms with van der Waals surface area (Å²) in [7, 11) is 0. The summed E-state index contributed by atoms with van der Waals surface area (Å²) in [4.78, 5) is 8.47. The van der Waals surface area contributed by atoms with Gasteiger partial charge in [0.2, 0.25) is 0 Å². The molecule has 5 heteroatoms. The van der Waals surface area contributed by atoms with Crippen molar-refractivity contribution in [3.05, 3.63) is 58.4 Å². The maximum Gasteiger partial charge on any atom is 0.193 e. The van der Waals surface area contributed by atoms with Crippen molar-refractivity contribution in [1.29, 1.82) is 0 Å². The second-order valence-electron chi connectivity index (χ2n) is 5.13. The lowest BCUT2D eigenvalue weighted by Gasteiger charge is -2.08. The number of aromatic nitrogens is 1. The van der Waals surface area contributed by atoms with Crippen molar-refractivity contribution in [2.45, 2.75) is 25.8 Å². The third kappa shape index (κ3) is 3.52. The van der Waals surface area contributed by atoms with Crippen LogP contribution in [0.2, 0.25) is 5.02 Å². The molecule has 108 valence electrons. The zero-order valence-corrected chi connectivity index (χ0v) is 12.4. The molecule has 1 aromatic heterocycles. The van der Waals surface area contributed by atoms with Crippen LogP contribution < -0.4 is 11.1 Å². The van der Waals surface area contributed by atoms with Crippen molar-refractivity contribution in [3.8, 4) is 0 Å². The largest absolute Gasteiger partial charge is 0.370 e. The monoisotopic (exact) mass is 300 g/mol. The molecule has 0 fully saturated rings. The number of aryl methyl sites for hydroxylation is 2. The zero-order chi connectivity index (χ0) is 14.7. The van der Waals surface area contributed by atoms with Gasteiger partial charge in [-0.05, 0) is 54.7 Å². The van der Waals surface area contributed by atoms with E-state index in [1.54, 1.807) is 12.3 Å². The lowest BCUT2D eigenvalue weighted by molar-refractivity contribution is 0.912. The molecule has 21 heavy (non-hydrogen) atoms. The molecule has 0 saturated carbocycles. The van der Waals surface area contributed by atoms with Gasteiger partial charge in [-0.2, -0.15) is 0 Å². The van der Waals surface area contributed by atoms with Gasteiger partial charge >= 0.3 is 0 Å². The number of pyridine rings is 1. The number of hydrogen-bond donors (Lipinski definition) is 2. The molecule has 1 aromatic carbocycles. The Labute approximate surface area is 129 Å². The van der Waals surface area contributed by atoms with Crippen LogP contribution >= 0.6 is 11.6 Å². The minimum absolute atomic E-state index is 0.393. The van der Waals surface area contributed by atoms with Gasteiger partial charge in [-0.25, -0.2) is 4.99 Å². The minimum atomic E-state index is 0.393. The van der Waals surface area contributed by atoms with Crippen LogP contribution in [0.3, 0.4) is 0 Å². The highest BCUT2D eigenvalue weighted by Gasteiger charge is 2.10. The van der Waals surface area contributed by atoms with Crippen LogP contribution in [0.1, 0.15) is 23.2 Å². The summed E-state index contributed by atoms with van der Waals surface area (Å²) in [6.45, 7) is 0.431. The van der Waals surface area contributed by atoms with Crippen molar-refractivity contribution in [2.24, 2.45) is 10.7 Å².